The van der Waals surface area contributed by atoms with E-state index in [1.54, 1.807) is 6.07 Å². The average molecular weight is 188 g/mol. The van der Waals surface area contributed by atoms with Crippen LogP contribution < -0.4 is 0 Å². The van der Waals surface area contributed by atoms with Gasteiger partial charge in [0.05, 0.1) is 0 Å². The highest BCUT2D eigenvalue weighted by atomic mass is 16.6. The highest BCUT2D eigenvalue weighted by molar-refractivity contribution is 5.30. The molecule has 0 radical (unpaired) electrons. The van der Waals surface area contributed by atoms with Crippen LogP contribution in [-0.4, -0.2) is 34.0 Å². The maximum absolute atomic E-state index is 8.65. The van der Waals surface area contributed by atoms with E-state index in [1.807, 2.05) is 0 Å². The molecule has 0 atom stereocenters. The Labute approximate surface area is 75.5 Å². The fraction of sp³-hybridized carbons (Fsp3) is 0.250. The summed E-state index contributed by atoms with van der Waals surface area (Å²) in [6.07, 6.45) is 0. The maximum Gasteiger partial charge on any atom is 0.146 e. The van der Waals surface area contributed by atoms with E-state index < -0.39 is 13.6 Å². The second-order valence-electron chi connectivity index (χ2n) is 1.98. The molecule has 0 spiro atoms. The average Bonchev–Trinajstić information content (AvgIpc) is 2.06. The molecule has 0 unspecified atom stereocenters. The molecule has 74 valence electrons. The second-order valence-corrected chi connectivity index (χ2v) is 1.98. The SMILES string of the molecule is OCOCO.Oc1cccc(O)c1. The molecular formula is C8H12O5. The van der Waals surface area contributed by atoms with Crippen molar-refractivity contribution in [3.05, 3.63) is 24.3 Å². The summed E-state index contributed by atoms with van der Waals surface area (Å²) in [5.41, 5.74) is 0. The first-order chi connectivity index (χ1) is 6.20. The Morgan fingerprint density at radius 1 is 1.00 bits per heavy atom. The maximum atomic E-state index is 8.65. The molecule has 13 heavy (non-hydrogen) atoms. The first kappa shape index (κ1) is 11.7. The standard InChI is InChI=1S/C6H6O2.C2H6O3/c7-5-2-1-3-6(8)4-5;3-1-5-2-4/h1-4,7-8H;3-4H,1-2H2. The zero-order chi connectivity index (χ0) is 10.1. The van der Waals surface area contributed by atoms with E-state index >= 15 is 0 Å². The summed E-state index contributed by atoms with van der Waals surface area (Å²) in [5.74, 6) is 0.176. The number of phenolic OH excluding ortho intramolecular Hbond substituents is 2. The lowest BCUT2D eigenvalue weighted by Gasteiger charge is -1.89. The molecule has 1 rings (SSSR count). The third-order valence-corrected chi connectivity index (χ3v) is 1.01. The van der Waals surface area contributed by atoms with Gasteiger partial charge in [-0.05, 0) is 12.1 Å². The molecule has 0 aliphatic rings. The largest absolute Gasteiger partial charge is 0.508 e. The molecule has 5 nitrogen and oxygen atoms in total. The Morgan fingerprint density at radius 3 is 1.62 bits per heavy atom. The van der Waals surface area contributed by atoms with Gasteiger partial charge in [-0.25, -0.2) is 0 Å². The third kappa shape index (κ3) is 7.07. The lowest BCUT2D eigenvalue weighted by atomic mass is 10.3. The van der Waals surface area contributed by atoms with Gasteiger partial charge in [0.1, 0.15) is 25.1 Å². The second kappa shape index (κ2) is 7.35. The van der Waals surface area contributed by atoms with Gasteiger partial charge in [-0.1, -0.05) is 6.07 Å². The molecule has 0 amide bonds. The van der Waals surface area contributed by atoms with Crippen molar-refractivity contribution >= 4 is 0 Å². The Balaban J connectivity index is 0.000000252. The number of rotatable bonds is 2. The van der Waals surface area contributed by atoms with Crippen molar-refractivity contribution in [2.24, 2.45) is 0 Å². The topological polar surface area (TPSA) is 90.2 Å². The number of phenols is 2. The summed E-state index contributed by atoms with van der Waals surface area (Å²) in [5, 5.41) is 32.7. The molecule has 1 aromatic rings. The fourth-order valence-electron chi connectivity index (χ4n) is 0.534. The summed E-state index contributed by atoms with van der Waals surface area (Å²) in [4.78, 5) is 0. The van der Waals surface area contributed by atoms with Crippen molar-refractivity contribution in [2.75, 3.05) is 13.6 Å². The summed E-state index contributed by atoms with van der Waals surface area (Å²) in [6.45, 7) is -0.812. The number of ether oxygens (including phenoxy) is 1. The van der Waals surface area contributed by atoms with Crippen LogP contribution >= 0.6 is 0 Å². The number of aromatic hydroxyl groups is 2. The van der Waals surface area contributed by atoms with Crippen LogP contribution in [0.15, 0.2) is 24.3 Å². The number of hydrogen-bond donors (Lipinski definition) is 4. The minimum Gasteiger partial charge on any atom is -0.508 e. The molecule has 0 aromatic heterocycles. The van der Waals surface area contributed by atoms with Crippen molar-refractivity contribution < 1.29 is 25.2 Å². The Bertz CT molecular complexity index is 206. The Kier molecular flexibility index (Phi) is 6.62. The summed E-state index contributed by atoms with van der Waals surface area (Å²) in [6, 6.07) is 5.85. The van der Waals surface area contributed by atoms with Crippen LogP contribution in [0.5, 0.6) is 11.5 Å². The van der Waals surface area contributed by atoms with Gasteiger partial charge in [-0.15, -0.1) is 0 Å². The van der Waals surface area contributed by atoms with E-state index in [0.717, 1.165) is 0 Å². The van der Waals surface area contributed by atoms with Crippen molar-refractivity contribution in [2.45, 2.75) is 0 Å². The van der Waals surface area contributed by atoms with Crippen LogP contribution in [0.4, 0.5) is 0 Å². The zero-order valence-corrected chi connectivity index (χ0v) is 6.92. The number of benzene rings is 1. The summed E-state index contributed by atoms with van der Waals surface area (Å²) in [7, 11) is 0. The normalized spacial score (nSPS) is 8.77. The van der Waals surface area contributed by atoms with Crippen LogP contribution in [-0.2, 0) is 4.74 Å². The van der Waals surface area contributed by atoms with Gasteiger partial charge in [-0.3, -0.25) is 0 Å². The highest BCUT2D eigenvalue weighted by Crippen LogP contribution is 2.14. The van der Waals surface area contributed by atoms with Crippen molar-refractivity contribution in [3.63, 3.8) is 0 Å². The molecule has 0 saturated heterocycles. The lowest BCUT2D eigenvalue weighted by Crippen LogP contribution is -1.91. The summed E-state index contributed by atoms with van der Waals surface area (Å²) < 4.78 is 3.94. The van der Waals surface area contributed by atoms with Gasteiger partial charge >= 0.3 is 0 Å². The van der Waals surface area contributed by atoms with Crippen molar-refractivity contribution in [1.82, 2.24) is 0 Å². The van der Waals surface area contributed by atoms with Crippen LogP contribution in [0.2, 0.25) is 0 Å². The summed E-state index contributed by atoms with van der Waals surface area (Å²) >= 11 is 0. The smallest absolute Gasteiger partial charge is 0.146 e. The minimum atomic E-state index is -0.406. The molecule has 4 N–H and O–H groups in total. The molecule has 1 aromatic carbocycles. The predicted octanol–water partition coefficient (Wildman–Crippen LogP) is 0.000400. The van der Waals surface area contributed by atoms with E-state index in [2.05, 4.69) is 4.74 Å². The molecule has 0 heterocycles. The van der Waals surface area contributed by atoms with E-state index in [1.165, 1.54) is 18.2 Å². The van der Waals surface area contributed by atoms with E-state index in [4.69, 9.17) is 20.4 Å². The van der Waals surface area contributed by atoms with Crippen LogP contribution in [0.3, 0.4) is 0 Å². The monoisotopic (exact) mass is 188 g/mol. The first-order valence-corrected chi connectivity index (χ1v) is 3.48. The van der Waals surface area contributed by atoms with Crippen LogP contribution in [0.25, 0.3) is 0 Å². The quantitative estimate of drug-likeness (QED) is 0.490. The number of hydrogen-bond acceptors (Lipinski definition) is 5. The molecule has 0 aliphatic carbocycles. The van der Waals surface area contributed by atoms with Gasteiger partial charge in [0.15, 0.2) is 0 Å². The molecule has 0 bridgehead atoms. The molecule has 0 aliphatic heterocycles. The molecule has 0 saturated carbocycles. The minimum absolute atomic E-state index is 0.0880. The van der Waals surface area contributed by atoms with E-state index in [-0.39, 0.29) is 11.5 Å². The highest BCUT2D eigenvalue weighted by Gasteiger charge is 1.85. The van der Waals surface area contributed by atoms with Crippen molar-refractivity contribution in [1.29, 1.82) is 0 Å². The van der Waals surface area contributed by atoms with Gasteiger partial charge in [0.2, 0.25) is 0 Å². The fourth-order valence-corrected chi connectivity index (χ4v) is 0.534. The molecule has 0 fully saturated rings. The Morgan fingerprint density at radius 2 is 1.46 bits per heavy atom. The van der Waals surface area contributed by atoms with E-state index in [9.17, 15) is 0 Å². The third-order valence-electron chi connectivity index (χ3n) is 1.01. The van der Waals surface area contributed by atoms with Gasteiger partial charge in [0.25, 0.3) is 0 Å². The predicted molar refractivity (Wildman–Crippen MR) is 45.0 cm³/mol. The van der Waals surface area contributed by atoms with Crippen molar-refractivity contribution in [3.8, 4) is 11.5 Å². The van der Waals surface area contributed by atoms with Crippen LogP contribution in [0, 0.1) is 0 Å². The number of aliphatic hydroxyl groups excluding tert-OH is 2. The molecular weight excluding hydrogens is 176 g/mol. The Hall–Kier alpha value is -1.30. The zero-order valence-electron chi connectivity index (χ0n) is 6.92. The van der Waals surface area contributed by atoms with Gasteiger partial charge < -0.3 is 25.2 Å². The number of aliphatic hydroxyl groups is 2. The first-order valence-electron chi connectivity index (χ1n) is 3.48. The lowest BCUT2D eigenvalue weighted by molar-refractivity contribution is -0.0763. The van der Waals surface area contributed by atoms with Gasteiger partial charge in [-0.2, -0.15) is 0 Å². The van der Waals surface area contributed by atoms with E-state index in [0.29, 0.717) is 0 Å². The van der Waals surface area contributed by atoms with Crippen LogP contribution in [0.1, 0.15) is 0 Å². The molecule has 5 heteroatoms. The van der Waals surface area contributed by atoms with Gasteiger partial charge in [0, 0.05) is 6.07 Å².